The fourth-order valence-electron chi connectivity index (χ4n) is 3.82. The number of hydrogen-bond donors (Lipinski definition) is 1. The predicted molar refractivity (Wildman–Crippen MR) is 144 cm³/mol. The van der Waals surface area contributed by atoms with Gasteiger partial charge in [-0.2, -0.15) is 13.2 Å². The van der Waals surface area contributed by atoms with Gasteiger partial charge >= 0.3 is 17.9 Å². The van der Waals surface area contributed by atoms with Gasteiger partial charge in [0.1, 0.15) is 5.57 Å². The molecule has 1 N–H and O–H groups in total. The molecule has 10 nitrogen and oxygen atoms in total. The molecule has 0 unspecified atom stereocenters. The highest BCUT2D eigenvalue weighted by atomic mass is 79.9. The molecule has 1 aliphatic rings. The molecular formula is C26H16BrClF3N3O7. The van der Waals surface area contributed by atoms with E-state index in [1.165, 1.54) is 31.4 Å². The maximum Gasteiger partial charge on any atom is 0.416 e. The van der Waals surface area contributed by atoms with Gasteiger partial charge in [0.15, 0.2) is 11.5 Å². The lowest BCUT2D eigenvalue weighted by Crippen LogP contribution is -2.54. The number of halogens is 5. The van der Waals surface area contributed by atoms with Crippen molar-refractivity contribution in [1.29, 1.82) is 0 Å². The summed E-state index contributed by atoms with van der Waals surface area (Å²) in [6, 6.07) is 8.05. The number of carbonyl (C=O) groups is 3. The summed E-state index contributed by atoms with van der Waals surface area (Å²) in [5.74, 6) is -2.58. The van der Waals surface area contributed by atoms with Gasteiger partial charge in [-0.15, -0.1) is 0 Å². The minimum absolute atomic E-state index is 0.0531. The number of methoxy groups -OCH3 is 1. The Kier molecular flexibility index (Phi) is 8.08. The van der Waals surface area contributed by atoms with Crippen LogP contribution in [0.25, 0.3) is 6.08 Å². The van der Waals surface area contributed by atoms with Gasteiger partial charge in [-0.25, -0.2) is 9.69 Å². The van der Waals surface area contributed by atoms with Crippen molar-refractivity contribution in [2.24, 2.45) is 0 Å². The fraction of sp³-hybridized carbons (Fsp3) is 0.115. The number of hydrogen-bond acceptors (Lipinski definition) is 7. The van der Waals surface area contributed by atoms with Crippen molar-refractivity contribution in [3.8, 4) is 17.2 Å². The summed E-state index contributed by atoms with van der Waals surface area (Å²) in [7, 11) is 1.23. The quantitative estimate of drug-likeness (QED) is 0.134. The minimum atomic E-state index is -4.81. The van der Waals surface area contributed by atoms with Crippen molar-refractivity contribution in [3.05, 3.63) is 90.4 Å². The van der Waals surface area contributed by atoms with Gasteiger partial charge in [-0.05, 0) is 76.5 Å². The van der Waals surface area contributed by atoms with Crippen LogP contribution >= 0.6 is 27.5 Å². The topological polar surface area (TPSA) is 128 Å². The highest BCUT2D eigenvalue weighted by molar-refractivity contribution is 9.10. The molecule has 4 rings (SSSR count). The Morgan fingerprint density at radius 3 is 2.41 bits per heavy atom. The van der Waals surface area contributed by atoms with E-state index in [0.717, 1.165) is 11.0 Å². The molecule has 3 aromatic rings. The molecule has 0 aliphatic carbocycles. The van der Waals surface area contributed by atoms with Crippen LogP contribution in [0.2, 0.25) is 5.02 Å². The SMILES string of the molecule is COc1cc(/C=C2\C(=O)NC(=O)N(c3cc(Cl)ccc3C)C2=O)cc(Br)c1Oc1ccc(C(F)(F)F)cc1[N+](=O)[O-]. The Bertz CT molecular complexity index is 1660. The lowest BCUT2D eigenvalue weighted by atomic mass is 10.1. The van der Waals surface area contributed by atoms with Crippen molar-refractivity contribution < 1.29 is 42.0 Å². The number of alkyl halides is 3. The summed E-state index contributed by atoms with van der Waals surface area (Å²) in [5, 5.41) is 13.8. The summed E-state index contributed by atoms with van der Waals surface area (Å²) in [5.41, 5.74) is -1.68. The summed E-state index contributed by atoms with van der Waals surface area (Å²) < 4.78 is 50.2. The molecule has 1 saturated heterocycles. The average Bonchev–Trinajstić information content (AvgIpc) is 2.89. The highest BCUT2D eigenvalue weighted by Crippen LogP contribution is 2.44. The highest BCUT2D eigenvalue weighted by Gasteiger charge is 2.38. The number of imide groups is 2. The normalized spacial score (nSPS) is 14.8. The summed E-state index contributed by atoms with van der Waals surface area (Å²) >= 11 is 9.26. The number of nitrogens with zero attached hydrogens (tertiary/aromatic N) is 2. The maximum absolute atomic E-state index is 13.3. The van der Waals surface area contributed by atoms with Crippen LogP contribution in [-0.4, -0.2) is 29.9 Å². The van der Waals surface area contributed by atoms with Crippen molar-refractivity contribution >= 4 is 62.8 Å². The van der Waals surface area contributed by atoms with E-state index in [-0.39, 0.29) is 32.2 Å². The van der Waals surface area contributed by atoms with Gasteiger partial charge in [0, 0.05) is 11.1 Å². The molecule has 3 aromatic carbocycles. The number of amides is 4. The Hall–Kier alpha value is -4.43. The molecule has 0 aromatic heterocycles. The molecule has 1 fully saturated rings. The molecule has 212 valence electrons. The number of barbiturate groups is 1. The van der Waals surface area contributed by atoms with Crippen molar-refractivity contribution in [1.82, 2.24) is 5.32 Å². The van der Waals surface area contributed by atoms with Crippen LogP contribution in [0.15, 0.2) is 58.6 Å². The van der Waals surface area contributed by atoms with Crippen LogP contribution in [0, 0.1) is 17.0 Å². The van der Waals surface area contributed by atoms with Crippen LogP contribution in [-0.2, 0) is 15.8 Å². The monoisotopic (exact) mass is 653 g/mol. The zero-order valence-corrected chi connectivity index (χ0v) is 23.2. The summed E-state index contributed by atoms with van der Waals surface area (Å²) in [6.07, 6.45) is -3.64. The van der Waals surface area contributed by atoms with Crippen molar-refractivity contribution in [2.75, 3.05) is 12.0 Å². The third kappa shape index (κ3) is 6.02. The molecular weight excluding hydrogens is 639 g/mol. The number of urea groups is 1. The Balaban J connectivity index is 1.73. The van der Waals surface area contributed by atoms with E-state index >= 15 is 0 Å². The number of aryl methyl sites for hydroxylation is 1. The van der Waals surface area contributed by atoms with Gasteiger partial charge in [0.25, 0.3) is 11.8 Å². The number of carbonyl (C=O) groups excluding carboxylic acids is 3. The zero-order chi connectivity index (χ0) is 30.2. The molecule has 4 amide bonds. The second kappa shape index (κ2) is 11.2. The molecule has 1 aliphatic heterocycles. The van der Waals surface area contributed by atoms with E-state index < -0.39 is 51.5 Å². The van der Waals surface area contributed by atoms with E-state index in [0.29, 0.717) is 17.7 Å². The number of rotatable bonds is 6. The first-order valence-corrected chi connectivity index (χ1v) is 12.5. The van der Waals surface area contributed by atoms with Crippen molar-refractivity contribution in [3.63, 3.8) is 0 Å². The molecule has 0 atom stereocenters. The van der Waals surface area contributed by atoms with E-state index in [1.807, 2.05) is 0 Å². The molecule has 15 heteroatoms. The van der Waals surface area contributed by atoms with Crippen LogP contribution < -0.4 is 19.7 Å². The van der Waals surface area contributed by atoms with E-state index in [1.54, 1.807) is 19.1 Å². The lowest BCUT2D eigenvalue weighted by molar-refractivity contribution is -0.385. The molecule has 0 spiro atoms. The number of ether oxygens (including phenoxy) is 2. The van der Waals surface area contributed by atoms with E-state index in [9.17, 15) is 37.7 Å². The van der Waals surface area contributed by atoms with E-state index in [2.05, 4.69) is 21.2 Å². The summed E-state index contributed by atoms with van der Waals surface area (Å²) in [6.45, 7) is 1.65. The number of benzene rings is 3. The predicted octanol–water partition coefficient (Wildman–Crippen LogP) is 6.81. The van der Waals surface area contributed by atoms with E-state index in [4.69, 9.17) is 21.1 Å². The van der Waals surface area contributed by atoms with Crippen LogP contribution in [0.3, 0.4) is 0 Å². The van der Waals surface area contributed by atoms with Gasteiger partial charge in [-0.1, -0.05) is 17.7 Å². The standard InChI is InChI=1S/C26H16BrClF3N3O7/c1-12-3-5-15(28)11-18(12)33-24(36)16(23(35)32-25(33)37)7-13-8-17(27)22(21(9-13)40-2)41-20-6-4-14(26(29,30)31)10-19(20)34(38)39/h3-11H,1-2H3,(H,32,35,37)/b16-7+. The van der Waals surface area contributed by atoms with Gasteiger partial charge < -0.3 is 9.47 Å². The number of nitro groups is 1. The second-order valence-corrected chi connectivity index (χ2v) is 9.75. The molecule has 1 heterocycles. The number of anilines is 1. The zero-order valence-electron chi connectivity index (χ0n) is 20.8. The number of nitrogens with one attached hydrogen (secondary N) is 1. The molecule has 0 saturated carbocycles. The summed E-state index contributed by atoms with van der Waals surface area (Å²) in [4.78, 5) is 49.6. The first-order valence-electron chi connectivity index (χ1n) is 11.3. The Labute approximate surface area is 242 Å². The maximum atomic E-state index is 13.3. The Morgan fingerprint density at radius 2 is 1.78 bits per heavy atom. The smallest absolute Gasteiger partial charge is 0.416 e. The molecule has 0 radical (unpaired) electrons. The van der Waals surface area contributed by atoms with Crippen molar-refractivity contribution in [2.45, 2.75) is 13.1 Å². The van der Waals surface area contributed by atoms with Crippen LogP contribution in [0.4, 0.5) is 29.3 Å². The first-order chi connectivity index (χ1) is 19.2. The largest absolute Gasteiger partial charge is 0.493 e. The molecule has 41 heavy (non-hydrogen) atoms. The third-order valence-electron chi connectivity index (χ3n) is 5.77. The fourth-order valence-corrected chi connectivity index (χ4v) is 4.53. The van der Waals surface area contributed by atoms with Gasteiger partial charge in [0.2, 0.25) is 5.75 Å². The third-order valence-corrected chi connectivity index (χ3v) is 6.60. The minimum Gasteiger partial charge on any atom is -0.493 e. The van der Waals surface area contributed by atoms with Gasteiger partial charge in [0.05, 0.1) is 27.8 Å². The van der Waals surface area contributed by atoms with Crippen LogP contribution in [0.5, 0.6) is 17.2 Å². The van der Waals surface area contributed by atoms with Gasteiger partial charge in [-0.3, -0.25) is 25.0 Å². The second-order valence-electron chi connectivity index (χ2n) is 8.46. The molecule has 0 bridgehead atoms. The average molecular weight is 655 g/mol. The first kappa shape index (κ1) is 29.6. The number of nitro benzene ring substituents is 1. The Morgan fingerprint density at radius 1 is 1.07 bits per heavy atom. The lowest BCUT2D eigenvalue weighted by Gasteiger charge is -2.27. The van der Waals surface area contributed by atoms with Crippen LogP contribution in [0.1, 0.15) is 16.7 Å².